The summed E-state index contributed by atoms with van der Waals surface area (Å²) in [6.07, 6.45) is 0.972. The number of piperazine rings is 1. The number of methoxy groups -OCH3 is 1. The molecule has 2 heterocycles. The second kappa shape index (κ2) is 8.12. The highest BCUT2D eigenvalue weighted by molar-refractivity contribution is 5.96. The zero-order valence-corrected chi connectivity index (χ0v) is 18.3. The number of rotatable bonds is 4. The van der Waals surface area contributed by atoms with E-state index >= 15 is 4.39 Å². The molecule has 0 radical (unpaired) electrons. The van der Waals surface area contributed by atoms with Gasteiger partial charge in [-0.1, -0.05) is 24.3 Å². The monoisotopic (exact) mass is 449 g/mol. The van der Waals surface area contributed by atoms with Crippen molar-refractivity contribution in [3.63, 3.8) is 0 Å². The van der Waals surface area contributed by atoms with Gasteiger partial charge in [0.25, 0.3) is 11.8 Å². The molecule has 0 spiro atoms. The average molecular weight is 449 g/mol. The molecule has 5 rings (SSSR count). The first-order chi connectivity index (χ1) is 15.9. The normalized spacial score (nSPS) is 17.2. The van der Waals surface area contributed by atoms with Gasteiger partial charge in [0.2, 0.25) is 5.88 Å². The van der Waals surface area contributed by atoms with Gasteiger partial charge in [0, 0.05) is 37.1 Å². The minimum Gasteiger partial charge on any atom is -0.481 e. The van der Waals surface area contributed by atoms with E-state index in [0.29, 0.717) is 56.0 Å². The highest BCUT2D eigenvalue weighted by Crippen LogP contribution is 2.37. The number of hydrogen-bond acceptors (Lipinski definition) is 5. The fourth-order valence-electron chi connectivity index (χ4n) is 4.23. The molecule has 7 nitrogen and oxygen atoms in total. The van der Waals surface area contributed by atoms with Crippen LogP contribution in [0.1, 0.15) is 23.2 Å². The summed E-state index contributed by atoms with van der Waals surface area (Å²) in [4.78, 5) is 32.9. The van der Waals surface area contributed by atoms with Crippen LogP contribution in [0, 0.1) is 5.82 Å². The van der Waals surface area contributed by atoms with Crippen molar-refractivity contribution in [2.45, 2.75) is 18.4 Å². The molecule has 1 saturated carbocycles. The van der Waals surface area contributed by atoms with Crippen LogP contribution < -0.4 is 4.74 Å². The minimum absolute atomic E-state index is 0.0212. The lowest BCUT2D eigenvalue weighted by molar-refractivity contribution is -0.143. The van der Waals surface area contributed by atoms with E-state index in [4.69, 9.17) is 4.74 Å². The molecule has 0 unspecified atom stereocenters. The SMILES string of the molecule is COc1nc2ccccc2cc1-c1ccc(C(=O)N2CCN(C(=O)C3(O)CC3)CC2)c(F)c1. The Morgan fingerprint density at radius 1 is 1.03 bits per heavy atom. The first-order valence-electron chi connectivity index (χ1n) is 10.9. The number of carbonyl (C=O) groups excluding carboxylic acids is 2. The topological polar surface area (TPSA) is 83.0 Å². The van der Waals surface area contributed by atoms with Crippen molar-refractivity contribution in [3.8, 4) is 17.0 Å². The van der Waals surface area contributed by atoms with Gasteiger partial charge in [-0.3, -0.25) is 9.59 Å². The quantitative estimate of drug-likeness (QED) is 0.662. The Bertz CT molecular complexity index is 1250. The molecule has 1 aliphatic heterocycles. The van der Waals surface area contributed by atoms with Crippen molar-refractivity contribution in [1.82, 2.24) is 14.8 Å². The van der Waals surface area contributed by atoms with Crippen LogP contribution in [0.15, 0.2) is 48.5 Å². The van der Waals surface area contributed by atoms with Crippen molar-refractivity contribution in [3.05, 3.63) is 59.9 Å². The molecule has 1 N–H and O–H groups in total. The Hall–Kier alpha value is -3.52. The summed E-state index contributed by atoms with van der Waals surface area (Å²) in [7, 11) is 1.51. The lowest BCUT2D eigenvalue weighted by atomic mass is 10.0. The molecule has 1 aromatic heterocycles. The predicted octanol–water partition coefficient (Wildman–Crippen LogP) is 2.86. The van der Waals surface area contributed by atoms with E-state index in [2.05, 4.69) is 4.98 Å². The third kappa shape index (κ3) is 3.91. The van der Waals surface area contributed by atoms with E-state index < -0.39 is 17.3 Å². The number of halogens is 1. The maximum absolute atomic E-state index is 15.1. The van der Waals surface area contributed by atoms with Gasteiger partial charge in [0.1, 0.15) is 11.4 Å². The lowest BCUT2D eigenvalue weighted by Crippen LogP contribution is -2.53. The third-order valence-electron chi connectivity index (χ3n) is 6.37. The van der Waals surface area contributed by atoms with Crippen LogP contribution in [0.2, 0.25) is 0 Å². The molecule has 33 heavy (non-hydrogen) atoms. The second-order valence-electron chi connectivity index (χ2n) is 8.55. The molecule has 2 amide bonds. The molecule has 0 bridgehead atoms. The van der Waals surface area contributed by atoms with E-state index in [1.54, 1.807) is 11.0 Å². The number of pyridine rings is 1. The Kier molecular flexibility index (Phi) is 5.25. The van der Waals surface area contributed by atoms with Crippen LogP contribution in [0.4, 0.5) is 4.39 Å². The number of hydrogen-bond donors (Lipinski definition) is 1. The zero-order valence-electron chi connectivity index (χ0n) is 18.3. The standard InChI is InChI=1S/C25H24FN3O4/c1-33-22-19(14-17-4-2-3-5-21(17)27-22)16-6-7-18(20(26)15-16)23(30)28-10-12-29(13-11-28)24(31)25(32)8-9-25/h2-7,14-15,32H,8-13H2,1H3. The summed E-state index contributed by atoms with van der Waals surface area (Å²) in [5.41, 5.74) is 0.739. The summed E-state index contributed by atoms with van der Waals surface area (Å²) in [5.74, 6) is -0.938. The average Bonchev–Trinajstić information content (AvgIpc) is 3.60. The van der Waals surface area contributed by atoms with Gasteiger partial charge in [-0.15, -0.1) is 0 Å². The Balaban J connectivity index is 1.35. The number of fused-ring (bicyclic) bond motifs is 1. The van der Waals surface area contributed by atoms with Gasteiger partial charge in [-0.25, -0.2) is 9.37 Å². The fourth-order valence-corrected chi connectivity index (χ4v) is 4.23. The van der Waals surface area contributed by atoms with Gasteiger partial charge < -0.3 is 19.6 Å². The highest BCUT2D eigenvalue weighted by atomic mass is 19.1. The third-order valence-corrected chi connectivity index (χ3v) is 6.37. The molecule has 2 aliphatic rings. The molecular weight excluding hydrogens is 425 g/mol. The molecule has 3 aromatic rings. The van der Waals surface area contributed by atoms with Crippen LogP contribution in [-0.2, 0) is 4.79 Å². The number of amides is 2. The molecule has 0 atom stereocenters. The number of ether oxygens (including phenoxy) is 1. The Morgan fingerprint density at radius 3 is 2.39 bits per heavy atom. The summed E-state index contributed by atoms with van der Waals surface area (Å²) >= 11 is 0. The van der Waals surface area contributed by atoms with Crippen molar-refractivity contribution in [2.75, 3.05) is 33.3 Å². The van der Waals surface area contributed by atoms with Gasteiger partial charge >= 0.3 is 0 Å². The van der Waals surface area contributed by atoms with Gasteiger partial charge in [0.15, 0.2) is 0 Å². The summed E-state index contributed by atoms with van der Waals surface area (Å²) in [6, 6.07) is 14.0. The van der Waals surface area contributed by atoms with Crippen molar-refractivity contribution in [2.24, 2.45) is 0 Å². The smallest absolute Gasteiger partial charge is 0.256 e. The number of aliphatic hydroxyl groups is 1. The number of aromatic nitrogens is 1. The van der Waals surface area contributed by atoms with Crippen LogP contribution in [0.5, 0.6) is 5.88 Å². The first-order valence-corrected chi connectivity index (χ1v) is 10.9. The van der Waals surface area contributed by atoms with Gasteiger partial charge in [0.05, 0.1) is 18.2 Å². The lowest BCUT2D eigenvalue weighted by Gasteiger charge is -2.35. The zero-order chi connectivity index (χ0) is 23.2. The number of carbonyl (C=O) groups is 2. The van der Waals surface area contributed by atoms with E-state index in [-0.39, 0.29) is 11.5 Å². The van der Waals surface area contributed by atoms with E-state index in [0.717, 1.165) is 10.9 Å². The van der Waals surface area contributed by atoms with Gasteiger partial charge in [-0.05, 0) is 42.7 Å². The molecule has 8 heteroatoms. The Labute approximate surface area is 190 Å². The molecule has 2 fully saturated rings. The molecule has 1 aliphatic carbocycles. The van der Waals surface area contributed by atoms with E-state index in [1.165, 1.54) is 24.1 Å². The van der Waals surface area contributed by atoms with Crippen LogP contribution in [-0.4, -0.2) is 70.6 Å². The summed E-state index contributed by atoms with van der Waals surface area (Å²) in [6.45, 7) is 1.24. The second-order valence-corrected chi connectivity index (χ2v) is 8.55. The predicted molar refractivity (Wildman–Crippen MR) is 120 cm³/mol. The van der Waals surface area contributed by atoms with Crippen LogP contribution in [0.25, 0.3) is 22.0 Å². The minimum atomic E-state index is -1.22. The number of para-hydroxylation sites is 1. The van der Waals surface area contributed by atoms with E-state index in [9.17, 15) is 14.7 Å². The van der Waals surface area contributed by atoms with Crippen molar-refractivity contribution >= 4 is 22.7 Å². The highest BCUT2D eigenvalue weighted by Gasteiger charge is 2.50. The fraction of sp³-hybridized carbons (Fsp3) is 0.320. The number of benzene rings is 2. The molecule has 2 aromatic carbocycles. The van der Waals surface area contributed by atoms with Crippen LogP contribution >= 0.6 is 0 Å². The molecular formula is C25H24FN3O4. The molecule has 1 saturated heterocycles. The summed E-state index contributed by atoms with van der Waals surface area (Å²) < 4.78 is 20.5. The largest absolute Gasteiger partial charge is 0.481 e. The van der Waals surface area contributed by atoms with E-state index in [1.807, 2.05) is 30.3 Å². The Morgan fingerprint density at radius 2 is 1.73 bits per heavy atom. The molecule has 170 valence electrons. The first kappa shape index (κ1) is 21.3. The van der Waals surface area contributed by atoms with Crippen molar-refractivity contribution < 1.29 is 23.8 Å². The van der Waals surface area contributed by atoms with Crippen LogP contribution in [0.3, 0.4) is 0 Å². The maximum atomic E-state index is 15.1. The summed E-state index contributed by atoms with van der Waals surface area (Å²) in [5, 5.41) is 10.9. The van der Waals surface area contributed by atoms with Crippen molar-refractivity contribution in [1.29, 1.82) is 0 Å². The number of nitrogens with zero attached hydrogens (tertiary/aromatic N) is 3. The van der Waals surface area contributed by atoms with Gasteiger partial charge in [-0.2, -0.15) is 0 Å². The maximum Gasteiger partial charge on any atom is 0.256 e.